The maximum absolute atomic E-state index is 2.29. The van der Waals surface area contributed by atoms with E-state index < -0.39 is 0 Å². The summed E-state index contributed by atoms with van der Waals surface area (Å²) in [7, 11) is 0. The molecule has 0 bridgehead atoms. The Labute approximate surface area is 123 Å². The van der Waals surface area contributed by atoms with E-state index >= 15 is 0 Å². The summed E-state index contributed by atoms with van der Waals surface area (Å²) in [4.78, 5) is 0. The zero-order valence-corrected chi connectivity index (χ0v) is 12.2. The summed E-state index contributed by atoms with van der Waals surface area (Å²) in [6.07, 6.45) is 0. The van der Waals surface area contributed by atoms with Gasteiger partial charge in [-0.15, -0.1) is 22.7 Å². The molecule has 0 amide bonds. The molecule has 0 fully saturated rings. The molecule has 5 rings (SSSR count). The average Bonchev–Trinajstić information content (AvgIpc) is 3.15. The number of thiophene rings is 2. The van der Waals surface area contributed by atoms with Crippen molar-refractivity contribution in [3.63, 3.8) is 0 Å². The van der Waals surface area contributed by atoms with Crippen LogP contribution in [0.4, 0.5) is 0 Å². The molecule has 5 aromatic rings. The number of fused-ring (bicyclic) bond motifs is 8. The molecule has 20 heavy (non-hydrogen) atoms. The second kappa shape index (κ2) is 3.81. The topological polar surface area (TPSA) is 0 Å². The SMILES string of the molecule is c1ccc2c(c1)c1ccc3sccc3c1c1ccsc21. The summed E-state index contributed by atoms with van der Waals surface area (Å²) in [5, 5.41) is 12.7. The Morgan fingerprint density at radius 2 is 1.35 bits per heavy atom. The molecular weight excluding hydrogens is 280 g/mol. The number of hydrogen-bond donors (Lipinski definition) is 0. The highest BCUT2D eigenvalue weighted by Crippen LogP contribution is 2.41. The Morgan fingerprint density at radius 1 is 0.550 bits per heavy atom. The standard InChI is InChI=1S/C18H10S2/c1-2-4-13-11(3-1)12-5-6-16-14(7-9-19-16)17(12)15-8-10-20-18(13)15/h1-10H. The van der Waals surface area contributed by atoms with E-state index in [4.69, 9.17) is 0 Å². The van der Waals surface area contributed by atoms with Crippen LogP contribution in [0, 0.1) is 0 Å². The summed E-state index contributed by atoms with van der Waals surface area (Å²) >= 11 is 3.67. The molecule has 2 aromatic heterocycles. The predicted octanol–water partition coefficient (Wildman–Crippen LogP) is 6.42. The van der Waals surface area contributed by atoms with Crippen molar-refractivity contribution in [1.82, 2.24) is 0 Å². The van der Waals surface area contributed by atoms with E-state index in [9.17, 15) is 0 Å². The van der Waals surface area contributed by atoms with Gasteiger partial charge < -0.3 is 0 Å². The van der Waals surface area contributed by atoms with Crippen molar-refractivity contribution in [2.75, 3.05) is 0 Å². The van der Waals surface area contributed by atoms with Gasteiger partial charge in [0.15, 0.2) is 0 Å². The summed E-state index contributed by atoms with van der Waals surface area (Å²) in [5.74, 6) is 0. The first-order valence-electron chi connectivity index (χ1n) is 6.61. The van der Waals surface area contributed by atoms with Gasteiger partial charge in [0.1, 0.15) is 0 Å². The van der Waals surface area contributed by atoms with Crippen molar-refractivity contribution in [2.45, 2.75) is 0 Å². The van der Waals surface area contributed by atoms with Crippen LogP contribution in [0.3, 0.4) is 0 Å². The lowest BCUT2D eigenvalue weighted by Crippen LogP contribution is -1.80. The zero-order chi connectivity index (χ0) is 13.1. The lowest BCUT2D eigenvalue weighted by molar-refractivity contribution is 1.84. The summed E-state index contributed by atoms with van der Waals surface area (Å²) in [6.45, 7) is 0. The Morgan fingerprint density at radius 3 is 2.30 bits per heavy atom. The van der Waals surface area contributed by atoms with Gasteiger partial charge in [-0.05, 0) is 45.1 Å². The summed E-state index contributed by atoms with van der Waals surface area (Å²) < 4.78 is 2.78. The van der Waals surface area contributed by atoms with Crippen LogP contribution in [0.5, 0.6) is 0 Å². The molecule has 2 heteroatoms. The Bertz CT molecular complexity index is 1100. The third kappa shape index (κ3) is 1.25. The molecule has 0 aliphatic rings. The third-order valence-corrected chi connectivity index (χ3v) is 5.86. The van der Waals surface area contributed by atoms with Crippen LogP contribution in [-0.4, -0.2) is 0 Å². The summed E-state index contributed by atoms with van der Waals surface area (Å²) in [6, 6.07) is 17.8. The smallest absolute Gasteiger partial charge is 0.0427 e. The van der Waals surface area contributed by atoms with Crippen molar-refractivity contribution in [3.05, 3.63) is 59.3 Å². The molecule has 94 valence electrons. The van der Waals surface area contributed by atoms with Crippen LogP contribution in [0.15, 0.2) is 59.3 Å². The Hall–Kier alpha value is -1.90. The van der Waals surface area contributed by atoms with Crippen LogP contribution < -0.4 is 0 Å². The van der Waals surface area contributed by atoms with E-state index in [1.807, 2.05) is 22.7 Å². The molecule has 0 radical (unpaired) electrons. The largest absolute Gasteiger partial charge is 0.144 e. The van der Waals surface area contributed by atoms with Gasteiger partial charge in [-0.2, -0.15) is 0 Å². The Kier molecular flexibility index (Phi) is 2.07. The fourth-order valence-corrected chi connectivity index (χ4v) is 4.93. The van der Waals surface area contributed by atoms with Gasteiger partial charge in [0, 0.05) is 25.6 Å². The molecule has 0 aliphatic heterocycles. The average molecular weight is 290 g/mol. The van der Waals surface area contributed by atoms with E-state index in [0.717, 1.165) is 0 Å². The molecule has 0 unspecified atom stereocenters. The molecule has 0 spiro atoms. The zero-order valence-electron chi connectivity index (χ0n) is 10.6. The van der Waals surface area contributed by atoms with Gasteiger partial charge in [0.25, 0.3) is 0 Å². The van der Waals surface area contributed by atoms with E-state index in [2.05, 4.69) is 59.3 Å². The van der Waals surface area contributed by atoms with Crippen molar-refractivity contribution in [3.8, 4) is 0 Å². The van der Waals surface area contributed by atoms with Gasteiger partial charge >= 0.3 is 0 Å². The van der Waals surface area contributed by atoms with Gasteiger partial charge in [0.05, 0.1) is 0 Å². The van der Waals surface area contributed by atoms with Crippen molar-refractivity contribution < 1.29 is 0 Å². The number of rotatable bonds is 0. The van der Waals surface area contributed by atoms with Crippen LogP contribution in [0.2, 0.25) is 0 Å². The number of benzene rings is 3. The lowest BCUT2D eigenvalue weighted by atomic mass is 9.97. The van der Waals surface area contributed by atoms with E-state index in [1.54, 1.807) is 0 Å². The second-order valence-corrected chi connectivity index (χ2v) is 6.89. The normalized spacial score (nSPS) is 12.0. The van der Waals surface area contributed by atoms with Crippen LogP contribution in [0.25, 0.3) is 41.7 Å². The highest BCUT2D eigenvalue weighted by Gasteiger charge is 2.11. The van der Waals surface area contributed by atoms with E-state index in [1.165, 1.54) is 41.7 Å². The minimum Gasteiger partial charge on any atom is -0.144 e. The molecule has 0 saturated carbocycles. The molecule has 3 aromatic carbocycles. The molecule has 2 heterocycles. The molecule has 0 atom stereocenters. The monoisotopic (exact) mass is 290 g/mol. The maximum atomic E-state index is 2.29. The van der Waals surface area contributed by atoms with Crippen LogP contribution in [-0.2, 0) is 0 Å². The minimum atomic E-state index is 1.37. The van der Waals surface area contributed by atoms with Crippen molar-refractivity contribution >= 4 is 64.4 Å². The first kappa shape index (κ1) is 10.8. The molecule has 0 N–H and O–H groups in total. The molecule has 0 aliphatic carbocycles. The quantitative estimate of drug-likeness (QED) is 0.289. The molecule has 0 saturated heterocycles. The van der Waals surface area contributed by atoms with Crippen molar-refractivity contribution in [1.29, 1.82) is 0 Å². The van der Waals surface area contributed by atoms with Gasteiger partial charge in [-0.25, -0.2) is 0 Å². The van der Waals surface area contributed by atoms with Gasteiger partial charge in [0.2, 0.25) is 0 Å². The minimum absolute atomic E-state index is 1.37. The van der Waals surface area contributed by atoms with E-state index in [-0.39, 0.29) is 0 Å². The fraction of sp³-hybridized carbons (Fsp3) is 0. The predicted molar refractivity (Wildman–Crippen MR) is 92.2 cm³/mol. The van der Waals surface area contributed by atoms with E-state index in [0.29, 0.717) is 0 Å². The number of hydrogen-bond acceptors (Lipinski definition) is 2. The van der Waals surface area contributed by atoms with Gasteiger partial charge in [-0.1, -0.05) is 30.3 Å². The van der Waals surface area contributed by atoms with Crippen molar-refractivity contribution in [2.24, 2.45) is 0 Å². The first-order valence-corrected chi connectivity index (χ1v) is 8.37. The first-order chi connectivity index (χ1) is 9.93. The second-order valence-electron chi connectivity index (χ2n) is 5.03. The molecule has 0 nitrogen and oxygen atoms in total. The highest BCUT2D eigenvalue weighted by atomic mass is 32.1. The Balaban J connectivity index is 2.27. The van der Waals surface area contributed by atoms with Gasteiger partial charge in [-0.3, -0.25) is 0 Å². The maximum Gasteiger partial charge on any atom is 0.0427 e. The highest BCUT2D eigenvalue weighted by molar-refractivity contribution is 7.19. The fourth-order valence-electron chi connectivity index (χ4n) is 3.19. The third-order valence-electron chi connectivity index (χ3n) is 4.03. The summed E-state index contributed by atoms with van der Waals surface area (Å²) in [5.41, 5.74) is 0. The molecular formula is C18H10S2. The van der Waals surface area contributed by atoms with Crippen LogP contribution >= 0.6 is 22.7 Å². The lowest BCUT2D eigenvalue weighted by Gasteiger charge is -2.08. The van der Waals surface area contributed by atoms with Crippen LogP contribution in [0.1, 0.15) is 0 Å².